The van der Waals surface area contributed by atoms with Crippen molar-refractivity contribution in [3.8, 4) is 5.75 Å². The molecule has 3 aromatic carbocycles. The predicted octanol–water partition coefficient (Wildman–Crippen LogP) is 5.83. The Balaban J connectivity index is 1.71. The lowest BCUT2D eigenvalue weighted by Gasteiger charge is -2.33. The van der Waals surface area contributed by atoms with E-state index >= 15 is 0 Å². The molecule has 4 rings (SSSR count). The quantitative estimate of drug-likeness (QED) is 0.265. The third-order valence-corrected chi connectivity index (χ3v) is 9.98. The molecule has 8 nitrogen and oxygen atoms in total. The zero-order valence-electron chi connectivity index (χ0n) is 24.3. The number of carbonyl (C=O) groups excluding carboxylic acids is 2. The van der Waals surface area contributed by atoms with Crippen molar-refractivity contribution in [2.45, 2.75) is 69.5 Å². The van der Waals surface area contributed by atoms with Crippen LogP contribution in [0, 0.1) is 6.92 Å². The number of ether oxygens (including phenoxy) is 1. The van der Waals surface area contributed by atoms with Gasteiger partial charge in [0.25, 0.3) is 10.0 Å². The first kappa shape index (κ1) is 31.6. The van der Waals surface area contributed by atoms with Crippen LogP contribution in [0.1, 0.15) is 50.2 Å². The average Bonchev–Trinajstić information content (AvgIpc) is 3.49. The molecule has 1 unspecified atom stereocenters. The number of halogens is 1. The molecule has 0 aliphatic heterocycles. The van der Waals surface area contributed by atoms with Gasteiger partial charge in [-0.2, -0.15) is 0 Å². The van der Waals surface area contributed by atoms with Crippen LogP contribution in [-0.4, -0.2) is 50.9 Å². The van der Waals surface area contributed by atoms with Gasteiger partial charge in [0, 0.05) is 12.6 Å². The van der Waals surface area contributed by atoms with Crippen LogP contribution in [-0.2, 0) is 26.2 Å². The Hall–Kier alpha value is -3.37. The number of nitrogens with one attached hydrogen (secondary N) is 1. The summed E-state index contributed by atoms with van der Waals surface area (Å²) in [4.78, 5) is 29.2. The highest BCUT2D eigenvalue weighted by molar-refractivity contribution is 9.10. The largest absolute Gasteiger partial charge is 0.496 e. The van der Waals surface area contributed by atoms with Crippen molar-refractivity contribution in [1.82, 2.24) is 10.2 Å². The fourth-order valence-corrected chi connectivity index (χ4v) is 7.37. The van der Waals surface area contributed by atoms with Crippen molar-refractivity contribution in [3.63, 3.8) is 0 Å². The van der Waals surface area contributed by atoms with E-state index in [0.717, 1.165) is 41.1 Å². The van der Waals surface area contributed by atoms with Crippen LogP contribution in [0.4, 0.5) is 5.69 Å². The predicted molar refractivity (Wildman–Crippen MR) is 168 cm³/mol. The van der Waals surface area contributed by atoms with E-state index < -0.39 is 28.5 Å². The van der Waals surface area contributed by atoms with Gasteiger partial charge in [-0.1, -0.05) is 67.8 Å². The van der Waals surface area contributed by atoms with Gasteiger partial charge in [-0.3, -0.25) is 13.9 Å². The molecule has 0 aromatic heterocycles. The van der Waals surface area contributed by atoms with E-state index in [-0.39, 0.29) is 23.4 Å². The molecular formula is C32H38BrN3O5S. The summed E-state index contributed by atoms with van der Waals surface area (Å²) >= 11 is 3.38. The first-order valence-electron chi connectivity index (χ1n) is 14.2. The molecule has 3 aromatic rings. The van der Waals surface area contributed by atoms with Gasteiger partial charge in [-0.25, -0.2) is 8.42 Å². The summed E-state index contributed by atoms with van der Waals surface area (Å²) in [5.74, 6) is -0.193. The lowest BCUT2D eigenvalue weighted by molar-refractivity contribution is -0.140. The number of carbonyl (C=O) groups is 2. The maximum absolute atomic E-state index is 14.2. The lowest BCUT2D eigenvalue weighted by Crippen LogP contribution is -2.53. The first-order chi connectivity index (χ1) is 20.1. The van der Waals surface area contributed by atoms with Gasteiger partial charge in [0.05, 0.1) is 22.2 Å². The van der Waals surface area contributed by atoms with E-state index in [1.807, 2.05) is 44.2 Å². The van der Waals surface area contributed by atoms with Crippen LogP contribution in [0.25, 0.3) is 0 Å². The van der Waals surface area contributed by atoms with Crippen molar-refractivity contribution < 1.29 is 22.7 Å². The molecule has 1 saturated carbocycles. The van der Waals surface area contributed by atoms with E-state index in [1.165, 1.54) is 24.1 Å². The molecule has 0 heterocycles. The number of benzene rings is 3. The fraction of sp³-hybridized carbons (Fsp3) is 0.375. The Kier molecular flexibility index (Phi) is 10.7. The first-order valence-corrected chi connectivity index (χ1v) is 16.4. The Labute approximate surface area is 257 Å². The second-order valence-electron chi connectivity index (χ2n) is 10.6. The number of hydrogen-bond donors (Lipinski definition) is 1. The number of amides is 2. The van der Waals surface area contributed by atoms with E-state index in [4.69, 9.17) is 4.74 Å². The summed E-state index contributed by atoms with van der Waals surface area (Å²) in [5, 5.41) is 3.13. The van der Waals surface area contributed by atoms with E-state index in [0.29, 0.717) is 22.3 Å². The molecule has 42 heavy (non-hydrogen) atoms. The van der Waals surface area contributed by atoms with Crippen LogP contribution in [0.5, 0.6) is 5.75 Å². The minimum absolute atomic E-state index is 0.00387. The third kappa shape index (κ3) is 7.52. The minimum Gasteiger partial charge on any atom is -0.496 e. The molecule has 0 radical (unpaired) electrons. The van der Waals surface area contributed by atoms with Crippen molar-refractivity contribution >= 4 is 43.5 Å². The molecule has 2 amide bonds. The van der Waals surface area contributed by atoms with Crippen molar-refractivity contribution in [1.29, 1.82) is 0 Å². The Morgan fingerprint density at radius 2 is 1.69 bits per heavy atom. The summed E-state index contributed by atoms with van der Waals surface area (Å²) in [6.45, 7) is 3.47. The van der Waals surface area contributed by atoms with Gasteiger partial charge in [-0.05, 0) is 78.0 Å². The zero-order valence-corrected chi connectivity index (χ0v) is 26.7. The molecular weight excluding hydrogens is 618 g/mol. The lowest BCUT2D eigenvalue weighted by atomic mass is 10.1. The number of anilines is 1. The van der Waals surface area contributed by atoms with Gasteiger partial charge in [0.1, 0.15) is 18.3 Å². The summed E-state index contributed by atoms with van der Waals surface area (Å²) in [7, 11) is -2.69. The molecule has 0 spiro atoms. The molecule has 10 heteroatoms. The third-order valence-electron chi connectivity index (χ3n) is 7.60. The minimum atomic E-state index is -4.19. The van der Waals surface area contributed by atoms with E-state index in [1.54, 1.807) is 30.3 Å². The van der Waals surface area contributed by atoms with Crippen LogP contribution < -0.4 is 14.4 Å². The van der Waals surface area contributed by atoms with Crippen LogP contribution in [0.3, 0.4) is 0 Å². The molecule has 1 atom stereocenters. The molecule has 1 aliphatic carbocycles. The summed E-state index contributed by atoms with van der Waals surface area (Å²) in [6, 6.07) is 20.2. The number of methoxy groups -OCH3 is 1. The van der Waals surface area contributed by atoms with Crippen LogP contribution in [0.15, 0.2) is 82.2 Å². The normalized spacial score (nSPS) is 14.3. The molecule has 1 N–H and O–H groups in total. The Morgan fingerprint density at radius 1 is 1.02 bits per heavy atom. The topological polar surface area (TPSA) is 96.0 Å². The Morgan fingerprint density at radius 3 is 2.29 bits per heavy atom. The zero-order chi connectivity index (χ0) is 30.3. The number of rotatable bonds is 12. The van der Waals surface area contributed by atoms with E-state index in [2.05, 4.69) is 21.2 Å². The summed E-state index contributed by atoms with van der Waals surface area (Å²) < 4.78 is 35.1. The highest BCUT2D eigenvalue weighted by Gasteiger charge is 2.34. The van der Waals surface area contributed by atoms with Gasteiger partial charge in [0.15, 0.2) is 0 Å². The molecule has 0 bridgehead atoms. The molecule has 1 fully saturated rings. The molecule has 0 saturated heterocycles. The number of sulfonamides is 1. The van der Waals surface area contributed by atoms with Crippen molar-refractivity contribution in [2.75, 3.05) is 18.0 Å². The SMILES string of the molecule is CCC(C(=O)NC1CCCC1)N(Cc1ccccc1)C(=O)CN(c1ccc(C)cc1)S(=O)(=O)c1ccc(OC)c(Br)c1. The average molecular weight is 657 g/mol. The van der Waals surface area contributed by atoms with Gasteiger partial charge in [-0.15, -0.1) is 0 Å². The number of nitrogens with zero attached hydrogens (tertiary/aromatic N) is 2. The smallest absolute Gasteiger partial charge is 0.264 e. The number of hydrogen-bond acceptors (Lipinski definition) is 5. The Bertz CT molecular complexity index is 1480. The van der Waals surface area contributed by atoms with Crippen LogP contribution in [0.2, 0.25) is 0 Å². The van der Waals surface area contributed by atoms with Gasteiger partial charge < -0.3 is 15.0 Å². The maximum atomic E-state index is 14.2. The summed E-state index contributed by atoms with van der Waals surface area (Å²) in [6.07, 6.45) is 4.37. The standard InChI is InChI=1S/C32H38BrN3O5S/c1-4-29(32(38)34-25-12-8-9-13-25)35(21-24-10-6-5-7-11-24)31(37)22-36(26-16-14-23(2)15-17-26)42(39,40)27-18-19-30(41-3)28(33)20-27/h5-7,10-11,14-20,25,29H,4,8-9,12-13,21-22H2,1-3H3,(H,34,38). The van der Waals surface area contributed by atoms with Crippen molar-refractivity contribution in [3.05, 3.63) is 88.4 Å². The highest BCUT2D eigenvalue weighted by Crippen LogP contribution is 2.31. The van der Waals surface area contributed by atoms with Crippen LogP contribution >= 0.6 is 15.9 Å². The monoisotopic (exact) mass is 655 g/mol. The highest BCUT2D eigenvalue weighted by atomic mass is 79.9. The van der Waals surface area contributed by atoms with E-state index in [9.17, 15) is 18.0 Å². The molecule has 1 aliphatic rings. The van der Waals surface area contributed by atoms with Gasteiger partial charge >= 0.3 is 0 Å². The summed E-state index contributed by atoms with van der Waals surface area (Å²) in [5.41, 5.74) is 2.15. The number of aryl methyl sites for hydroxylation is 1. The second-order valence-corrected chi connectivity index (χ2v) is 13.3. The molecule has 224 valence electrons. The fourth-order valence-electron chi connectivity index (χ4n) is 5.24. The maximum Gasteiger partial charge on any atom is 0.264 e. The second kappa shape index (κ2) is 14.2. The van der Waals surface area contributed by atoms with Crippen molar-refractivity contribution in [2.24, 2.45) is 0 Å². The van der Waals surface area contributed by atoms with Gasteiger partial charge in [0.2, 0.25) is 11.8 Å².